The lowest BCUT2D eigenvalue weighted by Crippen LogP contribution is -2.07. The molecule has 2 rings (SSSR count). The molecule has 0 saturated carbocycles. The molecule has 0 fully saturated rings. The Bertz CT molecular complexity index is 697. The van der Waals surface area contributed by atoms with Crippen molar-refractivity contribution in [2.24, 2.45) is 0 Å². The van der Waals surface area contributed by atoms with Crippen LogP contribution in [-0.2, 0) is 0 Å². The highest BCUT2D eigenvalue weighted by Crippen LogP contribution is 2.34. The first-order valence-corrected chi connectivity index (χ1v) is 5.97. The van der Waals surface area contributed by atoms with E-state index >= 15 is 0 Å². The number of hydrogen-bond acceptors (Lipinski definition) is 5. The summed E-state index contributed by atoms with van der Waals surface area (Å²) in [6.45, 7) is 4.58. The van der Waals surface area contributed by atoms with Crippen molar-refractivity contribution in [1.82, 2.24) is 0 Å². The van der Waals surface area contributed by atoms with Crippen LogP contribution in [0.15, 0.2) is 27.6 Å². The summed E-state index contributed by atoms with van der Waals surface area (Å²) in [7, 11) is 0. The lowest BCUT2D eigenvalue weighted by atomic mass is 10.1. The zero-order chi connectivity index (χ0) is 13.8. The van der Waals surface area contributed by atoms with Gasteiger partial charge in [0, 0.05) is 0 Å². The maximum absolute atomic E-state index is 12.0. The Labute approximate surface area is 110 Å². The summed E-state index contributed by atoms with van der Waals surface area (Å²) < 4.78 is 16.3. The number of ether oxygens (including phenoxy) is 2. The molecule has 0 bridgehead atoms. The molecule has 19 heavy (non-hydrogen) atoms. The number of rotatable bonds is 4. The van der Waals surface area contributed by atoms with Gasteiger partial charge in [-0.3, -0.25) is 4.79 Å². The summed E-state index contributed by atoms with van der Waals surface area (Å²) in [5.74, 6) is 0.910. The van der Waals surface area contributed by atoms with E-state index in [1.165, 1.54) is 0 Å². The largest absolute Gasteiger partial charge is 0.490 e. The molecule has 0 aliphatic rings. The topological polar surface area (TPSA) is 72.5 Å². The maximum Gasteiger partial charge on any atom is 0.210 e. The number of hydrogen-bond donors (Lipinski definition) is 0. The van der Waals surface area contributed by atoms with Crippen molar-refractivity contribution in [3.05, 3.63) is 34.2 Å². The third-order valence-corrected chi connectivity index (χ3v) is 2.57. The molecule has 5 heteroatoms. The van der Waals surface area contributed by atoms with Gasteiger partial charge >= 0.3 is 0 Å². The molecule has 0 aliphatic heterocycles. The zero-order valence-electron chi connectivity index (χ0n) is 10.7. The highest BCUT2D eigenvalue weighted by atomic mass is 16.5. The minimum Gasteiger partial charge on any atom is -0.490 e. The van der Waals surface area contributed by atoms with Gasteiger partial charge in [-0.2, -0.15) is 5.26 Å². The number of benzene rings is 1. The monoisotopic (exact) mass is 259 g/mol. The van der Waals surface area contributed by atoms with Crippen LogP contribution in [0.4, 0.5) is 0 Å². The second-order valence-electron chi connectivity index (χ2n) is 3.73. The van der Waals surface area contributed by atoms with Crippen LogP contribution >= 0.6 is 0 Å². The minimum absolute atomic E-state index is 0.0286. The standard InChI is InChI=1S/C14H13NO4/c1-3-17-11-6-5-10-12(16)9(7-15)8-19-13(10)14(11)18-4-2/h5-6,8H,3-4H2,1-2H3. The van der Waals surface area contributed by atoms with E-state index in [1.54, 1.807) is 18.2 Å². The molecule has 0 N–H and O–H groups in total. The Morgan fingerprint density at radius 1 is 1.26 bits per heavy atom. The highest BCUT2D eigenvalue weighted by Gasteiger charge is 2.16. The molecule has 1 aromatic carbocycles. The third-order valence-electron chi connectivity index (χ3n) is 2.57. The molecule has 2 aromatic rings. The third kappa shape index (κ3) is 2.25. The summed E-state index contributed by atoms with van der Waals surface area (Å²) in [5.41, 5.74) is -0.0938. The van der Waals surface area contributed by atoms with Gasteiger partial charge in [0.1, 0.15) is 17.9 Å². The predicted molar refractivity (Wildman–Crippen MR) is 69.5 cm³/mol. The number of fused-ring (bicyclic) bond motifs is 1. The lowest BCUT2D eigenvalue weighted by molar-refractivity contribution is 0.287. The van der Waals surface area contributed by atoms with E-state index in [0.717, 1.165) is 6.26 Å². The van der Waals surface area contributed by atoms with Gasteiger partial charge in [-0.05, 0) is 26.0 Å². The van der Waals surface area contributed by atoms with Gasteiger partial charge in [-0.15, -0.1) is 0 Å². The normalized spacial score (nSPS) is 10.2. The van der Waals surface area contributed by atoms with Crippen molar-refractivity contribution in [3.63, 3.8) is 0 Å². The second-order valence-corrected chi connectivity index (χ2v) is 3.73. The van der Waals surface area contributed by atoms with E-state index in [9.17, 15) is 4.79 Å². The van der Waals surface area contributed by atoms with E-state index in [1.807, 2.05) is 13.8 Å². The minimum atomic E-state index is -0.368. The van der Waals surface area contributed by atoms with Gasteiger partial charge in [0.15, 0.2) is 11.3 Å². The van der Waals surface area contributed by atoms with Crippen LogP contribution in [0.1, 0.15) is 19.4 Å². The summed E-state index contributed by atoms with van der Waals surface area (Å²) in [4.78, 5) is 12.0. The molecule has 98 valence electrons. The van der Waals surface area contributed by atoms with Crippen LogP contribution in [0.5, 0.6) is 11.5 Å². The van der Waals surface area contributed by atoms with Crippen LogP contribution in [0.2, 0.25) is 0 Å². The van der Waals surface area contributed by atoms with Gasteiger partial charge < -0.3 is 13.9 Å². The van der Waals surface area contributed by atoms with Crippen LogP contribution in [0, 0.1) is 11.3 Å². The summed E-state index contributed by atoms with van der Waals surface area (Å²) in [5, 5.41) is 9.13. The smallest absolute Gasteiger partial charge is 0.210 e. The first-order valence-electron chi connectivity index (χ1n) is 5.97. The average Bonchev–Trinajstić information content (AvgIpc) is 2.42. The van der Waals surface area contributed by atoms with Crippen LogP contribution in [-0.4, -0.2) is 13.2 Å². The Kier molecular flexibility index (Phi) is 3.71. The van der Waals surface area contributed by atoms with E-state index in [4.69, 9.17) is 19.2 Å². The van der Waals surface area contributed by atoms with Gasteiger partial charge in [-0.1, -0.05) is 0 Å². The van der Waals surface area contributed by atoms with Gasteiger partial charge in [-0.25, -0.2) is 0 Å². The van der Waals surface area contributed by atoms with Crippen molar-refractivity contribution < 1.29 is 13.9 Å². The van der Waals surface area contributed by atoms with Crippen molar-refractivity contribution >= 4 is 11.0 Å². The average molecular weight is 259 g/mol. The fourth-order valence-electron chi connectivity index (χ4n) is 1.78. The molecule has 1 aromatic heterocycles. The van der Waals surface area contributed by atoms with Crippen molar-refractivity contribution in [1.29, 1.82) is 5.26 Å². The summed E-state index contributed by atoms with van der Waals surface area (Å²) >= 11 is 0. The number of nitriles is 1. The molecule has 1 heterocycles. The van der Waals surface area contributed by atoms with Crippen molar-refractivity contribution in [2.75, 3.05) is 13.2 Å². The number of nitrogens with zero attached hydrogens (tertiary/aromatic N) is 1. The fourth-order valence-corrected chi connectivity index (χ4v) is 1.78. The quantitative estimate of drug-likeness (QED) is 0.843. The lowest BCUT2D eigenvalue weighted by Gasteiger charge is -2.12. The highest BCUT2D eigenvalue weighted by molar-refractivity contribution is 5.86. The summed E-state index contributed by atoms with van der Waals surface area (Å²) in [6.07, 6.45) is 1.14. The molecule has 0 unspecified atom stereocenters. The van der Waals surface area contributed by atoms with E-state index in [-0.39, 0.29) is 11.0 Å². The molecule has 0 radical (unpaired) electrons. The first kappa shape index (κ1) is 13.0. The zero-order valence-corrected chi connectivity index (χ0v) is 10.7. The Morgan fingerprint density at radius 2 is 2.00 bits per heavy atom. The fraction of sp³-hybridized carbons (Fsp3) is 0.286. The van der Waals surface area contributed by atoms with E-state index in [2.05, 4.69) is 0 Å². The van der Waals surface area contributed by atoms with Gasteiger partial charge in [0.2, 0.25) is 11.2 Å². The van der Waals surface area contributed by atoms with E-state index in [0.29, 0.717) is 35.7 Å². The maximum atomic E-state index is 12.0. The molecule has 0 spiro atoms. The van der Waals surface area contributed by atoms with Crippen LogP contribution in [0.25, 0.3) is 11.0 Å². The predicted octanol–water partition coefficient (Wildman–Crippen LogP) is 2.46. The van der Waals surface area contributed by atoms with Crippen molar-refractivity contribution in [2.45, 2.75) is 13.8 Å². The molecular weight excluding hydrogens is 246 g/mol. The molecular formula is C14H13NO4. The summed E-state index contributed by atoms with van der Waals surface area (Å²) in [6, 6.07) is 5.03. The molecule has 0 amide bonds. The Hall–Kier alpha value is -2.48. The Morgan fingerprint density at radius 3 is 2.63 bits per heavy atom. The second kappa shape index (κ2) is 5.44. The Balaban J connectivity index is 2.76. The molecule has 0 atom stereocenters. The van der Waals surface area contributed by atoms with Crippen LogP contribution in [0.3, 0.4) is 0 Å². The van der Waals surface area contributed by atoms with E-state index < -0.39 is 0 Å². The molecule has 0 saturated heterocycles. The first-order chi connectivity index (χ1) is 9.22. The molecule has 5 nitrogen and oxygen atoms in total. The molecule has 0 aliphatic carbocycles. The van der Waals surface area contributed by atoms with Gasteiger partial charge in [0.25, 0.3) is 0 Å². The van der Waals surface area contributed by atoms with Gasteiger partial charge in [0.05, 0.1) is 18.6 Å². The van der Waals surface area contributed by atoms with Crippen molar-refractivity contribution in [3.8, 4) is 17.6 Å². The van der Waals surface area contributed by atoms with Crippen LogP contribution < -0.4 is 14.9 Å². The SMILES string of the molecule is CCOc1ccc2c(=O)c(C#N)coc2c1OCC.